The second kappa shape index (κ2) is 9.23. The van der Waals surface area contributed by atoms with Crippen LogP contribution in [0.1, 0.15) is 32.3 Å². The summed E-state index contributed by atoms with van der Waals surface area (Å²) in [5, 5.41) is 14.7. The molecule has 0 fully saturated rings. The molecule has 2 amide bonds. The summed E-state index contributed by atoms with van der Waals surface area (Å²) in [7, 11) is 1.65. The van der Waals surface area contributed by atoms with Crippen molar-refractivity contribution in [2.24, 2.45) is 0 Å². The molecule has 0 heterocycles. The number of ether oxygens (including phenoxy) is 1. The van der Waals surface area contributed by atoms with Crippen LogP contribution in [0, 0.1) is 0 Å². The molecule has 0 aliphatic heterocycles. The highest BCUT2D eigenvalue weighted by atomic mass is 16.5. The van der Waals surface area contributed by atoms with Gasteiger partial charge in [-0.2, -0.15) is 0 Å². The number of aliphatic hydroxyl groups is 1. The Morgan fingerprint density at radius 3 is 2.48 bits per heavy atom. The second-order valence-electron chi connectivity index (χ2n) is 5.33. The van der Waals surface area contributed by atoms with Gasteiger partial charge in [-0.3, -0.25) is 0 Å². The fourth-order valence-corrected chi connectivity index (χ4v) is 1.92. The molecule has 1 aromatic rings. The summed E-state index contributed by atoms with van der Waals surface area (Å²) >= 11 is 0. The maximum Gasteiger partial charge on any atom is 0.314 e. The normalized spacial score (nSPS) is 13.3. The Morgan fingerprint density at radius 2 is 1.90 bits per heavy atom. The molecule has 21 heavy (non-hydrogen) atoms. The molecule has 0 radical (unpaired) electrons. The van der Waals surface area contributed by atoms with Gasteiger partial charge in [0.1, 0.15) is 5.75 Å². The first kappa shape index (κ1) is 17.3. The second-order valence-corrected chi connectivity index (χ2v) is 5.33. The van der Waals surface area contributed by atoms with Crippen molar-refractivity contribution in [2.45, 2.75) is 45.3 Å². The Kier molecular flexibility index (Phi) is 7.61. The number of urea groups is 1. The van der Waals surface area contributed by atoms with Crippen molar-refractivity contribution in [3.63, 3.8) is 0 Å². The van der Waals surface area contributed by atoms with Gasteiger partial charge in [-0.05, 0) is 50.8 Å². The molecule has 118 valence electrons. The van der Waals surface area contributed by atoms with Gasteiger partial charge in [0, 0.05) is 12.6 Å². The third kappa shape index (κ3) is 7.56. The molecule has 5 nitrogen and oxygen atoms in total. The molecular formula is C16H26N2O3. The number of nitrogens with one attached hydrogen (secondary N) is 2. The van der Waals surface area contributed by atoms with E-state index < -0.39 is 6.10 Å². The van der Waals surface area contributed by atoms with Crippen LogP contribution >= 0.6 is 0 Å². The first-order valence-electron chi connectivity index (χ1n) is 7.36. The number of carbonyl (C=O) groups excluding carboxylic acids is 1. The molecule has 0 aliphatic carbocycles. The number of aliphatic hydroxyl groups excluding tert-OH is 1. The van der Waals surface area contributed by atoms with Crippen molar-refractivity contribution in [3.8, 4) is 5.75 Å². The lowest BCUT2D eigenvalue weighted by Gasteiger charge is -2.15. The van der Waals surface area contributed by atoms with E-state index in [1.165, 1.54) is 5.56 Å². The Morgan fingerprint density at radius 1 is 1.24 bits per heavy atom. The summed E-state index contributed by atoms with van der Waals surface area (Å²) in [5.74, 6) is 0.849. The van der Waals surface area contributed by atoms with Gasteiger partial charge in [0.15, 0.2) is 0 Å². The summed E-state index contributed by atoms with van der Waals surface area (Å²) in [6, 6.07) is 7.87. The zero-order valence-corrected chi connectivity index (χ0v) is 13.1. The lowest BCUT2D eigenvalue weighted by atomic mass is 10.1. The van der Waals surface area contributed by atoms with Crippen LogP contribution in [0.3, 0.4) is 0 Å². The Bertz CT molecular complexity index is 418. The van der Waals surface area contributed by atoms with E-state index in [1.54, 1.807) is 14.0 Å². The first-order chi connectivity index (χ1) is 10.0. The molecule has 2 atom stereocenters. The summed E-state index contributed by atoms with van der Waals surface area (Å²) in [4.78, 5) is 11.6. The average Bonchev–Trinajstić information content (AvgIpc) is 2.45. The summed E-state index contributed by atoms with van der Waals surface area (Å²) in [5.41, 5.74) is 1.22. The lowest BCUT2D eigenvalue weighted by molar-refractivity contribution is 0.183. The van der Waals surface area contributed by atoms with Crippen LogP contribution in [0.2, 0.25) is 0 Å². The number of methoxy groups -OCH3 is 1. The van der Waals surface area contributed by atoms with Crippen LogP contribution < -0.4 is 15.4 Å². The topological polar surface area (TPSA) is 70.6 Å². The SMILES string of the molecule is COc1ccc(CCC(C)NC(=O)NCCC(C)O)cc1. The van der Waals surface area contributed by atoms with E-state index in [0.29, 0.717) is 13.0 Å². The zero-order valence-electron chi connectivity index (χ0n) is 13.1. The van der Waals surface area contributed by atoms with Gasteiger partial charge in [0.25, 0.3) is 0 Å². The number of carbonyl (C=O) groups is 1. The molecule has 0 spiro atoms. The minimum absolute atomic E-state index is 0.0960. The highest BCUT2D eigenvalue weighted by Crippen LogP contribution is 2.13. The molecule has 0 bridgehead atoms. The van der Waals surface area contributed by atoms with Gasteiger partial charge >= 0.3 is 6.03 Å². The third-order valence-corrected chi connectivity index (χ3v) is 3.25. The van der Waals surface area contributed by atoms with Crippen molar-refractivity contribution in [1.29, 1.82) is 0 Å². The van der Waals surface area contributed by atoms with Crippen molar-refractivity contribution in [1.82, 2.24) is 10.6 Å². The highest BCUT2D eigenvalue weighted by Gasteiger charge is 2.07. The van der Waals surface area contributed by atoms with Crippen LogP contribution in [-0.2, 0) is 6.42 Å². The Balaban J connectivity index is 2.23. The van der Waals surface area contributed by atoms with Crippen LogP contribution in [0.25, 0.3) is 0 Å². The molecule has 0 aromatic heterocycles. The summed E-state index contributed by atoms with van der Waals surface area (Å²) in [6.45, 7) is 4.17. The Labute approximate surface area is 126 Å². The van der Waals surface area contributed by atoms with Crippen molar-refractivity contribution in [3.05, 3.63) is 29.8 Å². The average molecular weight is 294 g/mol. The predicted molar refractivity (Wildman–Crippen MR) is 83.6 cm³/mol. The standard InChI is InChI=1S/C16H26N2O3/c1-12(18-16(20)17-11-10-13(2)19)4-5-14-6-8-15(21-3)9-7-14/h6-9,12-13,19H,4-5,10-11H2,1-3H3,(H2,17,18,20). The van der Waals surface area contributed by atoms with Gasteiger partial charge in [-0.1, -0.05) is 12.1 Å². The number of hydrogen-bond donors (Lipinski definition) is 3. The van der Waals surface area contributed by atoms with Crippen LogP contribution in [-0.4, -0.2) is 36.9 Å². The van der Waals surface area contributed by atoms with Crippen molar-refractivity contribution < 1.29 is 14.6 Å². The molecule has 0 saturated heterocycles. The number of benzene rings is 1. The predicted octanol–water partition coefficient (Wildman–Crippen LogP) is 2.09. The van der Waals surface area contributed by atoms with Gasteiger partial charge in [0.2, 0.25) is 0 Å². The fourth-order valence-electron chi connectivity index (χ4n) is 1.92. The van der Waals surface area contributed by atoms with E-state index in [1.807, 2.05) is 31.2 Å². The minimum atomic E-state index is -0.391. The number of amides is 2. The molecule has 0 aliphatic rings. The van der Waals surface area contributed by atoms with Crippen LogP contribution in [0.4, 0.5) is 4.79 Å². The molecule has 3 N–H and O–H groups in total. The maximum absolute atomic E-state index is 11.6. The molecular weight excluding hydrogens is 268 g/mol. The first-order valence-corrected chi connectivity index (χ1v) is 7.36. The van der Waals surface area contributed by atoms with E-state index in [0.717, 1.165) is 18.6 Å². The van der Waals surface area contributed by atoms with Crippen molar-refractivity contribution in [2.75, 3.05) is 13.7 Å². The van der Waals surface area contributed by atoms with E-state index >= 15 is 0 Å². The number of hydrogen-bond acceptors (Lipinski definition) is 3. The van der Waals surface area contributed by atoms with Crippen LogP contribution in [0.15, 0.2) is 24.3 Å². The van der Waals surface area contributed by atoms with E-state index in [4.69, 9.17) is 9.84 Å². The molecule has 2 unspecified atom stereocenters. The molecule has 1 aromatic carbocycles. The number of aryl methyl sites for hydroxylation is 1. The van der Waals surface area contributed by atoms with E-state index in [2.05, 4.69) is 10.6 Å². The summed E-state index contributed by atoms with van der Waals surface area (Å²) < 4.78 is 5.12. The molecule has 0 saturated carbocycles. The summed E-state index contributed by atoms with van der Waals surface area (Å²) in [6.07, 6.45) is 1.95. The van der Waals surface area contributed by atoms with E-state index in [-0.39, 0.29) is 12.1 Å². The molecule has 5 heteroatoms. The number of rotatable bonds is 8. The third-order valence-electron chi connectivity index (χ3n) is 3.25. The van der Waals surface area contributed by atoms with Crippen LogP contribution in [0.5, 0.6) is 5.75 Å². The Hall–Kier alpha value is -1.75. The van der Waals surface area contributed by atoms with Crippen molar-refractivity contribution >= 4 is 6.03 Å². The monoisotopic (exact) mass is 294 g/mol. The quantitative estimate of drug-likeness (QED) is 0.687. The van der Waals surface area contributed by atoms with E-state index in [9.17, 15) is 4.79 Å². The van der Waals surface area contributed by atoms with Gasteiger partial charge < -0.3 is 20.5 Å². The highest BCUT2D eigenvalue weighted by molar-refractivity contribution is 5.74. The van der Waals surface area contributed by atoms with Gasteiger partial charge in [-0.15, -0.1) is 0 Å². The zero-order chi connectivity index (χ0) is 15.7. The minimum Gasteiger partial charge on any atom is -0.497 e. The molecule has 1 rings (SSSR count). The fraction of sp³-hybridized carbons (Fsp3) is 0.562. The smallest absolute Gasteiger partial charge is 0.314 e. The van der Waals surface area contributed by atoms with Gasteiger partial charge in [0.05, 0.1) is 13.2 Å². The van der Waals surface area contributed by atoms with Gasteiger partial charge in [-0.25, -0.2) is 4.79 Å². The maximum atomic E-state index is 11.6. The largest absolute Gasteiger partial charge is 0.497 e. The lowest BCUT2D eigenvalue weighted by Crippen LogP contribution is -2.41.